The van der Waals surface area contributed by atoms with Gasteiger partial charge >= 0.3 is 0 Å². The van der Waals surface area contributed by atoms with Crippen molar-refractivity contribution in [2.24, 2.45) is 11.0 Å². The molecule has 0 radical (unpaired) electrons. The van der Waals surface area contributed by atoms with Crippen LogP contribution in [0.1, 0.15) is 61.6 Å². The van der Waals surface area contributed by atoms with Gasteiger partial charge in [0.2, 0.25) is 11.8 Å². The quantitative estimate of drug-likeness (QED) is 0.716. The molecule has 7 heteroatoms. The van der Waals surface area contributed by atoms with Crippen LogP contribution in [0.2, 0.25) is 0 Å². The summed E-state index contributed by atoms with van der Waals surface area (Å²) in [5, 5.41) is 9.49. The zero-order valence-electron chi connectivity index (χ0n) is 17.4. The third-order valence-corrected chi connectivity index (χ3v) is 6.78. The number of thiazole rings is 1. The number of benzene rings is 1. The molecule has 158 valence electrons. The predicted octanol–water partition coefficient (Wildman–Crippen LogP) is 4.40. The molecule has 1 aliphatic carbocycles. The van der Waals surface area contributed by atoms with Crippen LogP contribution in [-0.4, -0.2) is 34.1 Å². The number of carbonyl (C=O) groups is 2. The van der Waals surface area contributed by atoms with Crippen LogP contribution in [0.3, 0.4) is 0 Å². The lowest BCUT2D eigenvalue weighted by molar-refractivity contribution is -0.132. The number of aryl methyl sites for hydroxylation is 1. The van der Waals surface area contributed by atoms with Gasteiger partial charge in [-0.15, -0.1) is 11.3 Å². The number of hydrogen-bond donors (Lipinski definition) is 1. The average molecular weight is 425 g/mol. The number of amides is 2. The molecule has 2 aliphatic rings. The fraction of sp³-hybridized carbons (Fsp3) is 0.478. The molecule has 1 aliphatic heterocycles. The van der Waals surface area contributed by atoms with Crippen LogP contribution in [0.5, 0.6) is 0 Å². The first-order valence-corrected chi connectivity index (χ1v) is 11.7. The van der Waals surface area contributed by atoms with Gasteiger partial charge in [0.15, 0.2) is 5.13 Å². The molecule has 30 heavy (non-hydrogen) atoms. The lowest BCUT2D eigenvalue weighted by Crippen LogP contribution is -2.24. The van der Waals surface area contributed by atoms with E-state index in [1.165, 1.54) is 29.1 Å². The van der Waals surface area contributed by atoms with E-state index in [-0.39, 0.29) is 24.7 Å². The molecule has 0 fully saturated rings. The van der Waals surface area contributed by atoms with Gasteiger partial charge in [-0.25, -0.2) is 9.99 Å². The molecule has 0 bridgehead atoms. The van der Waals surface area contributed by atoms with E-state index >= 15 is 0 Å². The molecule has 1 N–H and O–H groups in total. The number of carbonyl (C=O) groups excluding carboxylic acids is 2. The molecule has 2 amide bonds. The maximum atomic E-state index is 12.5. The summed E-state index contributed by atoms with van der Waals surface area (Å²) in [5.41, 5.74) is 3.10. The minimum atomic E-state index is -0.161. The highest BCUT2D eigenvalue weighted by Gasteiger charge is 2.24. The van der Waals surface area contributed by atoms with Crippen molar-refractivity contribution in [2.45, 2.75) is 58.3 Å². The minimum Gasteiger partial charge on any atom is -0.302 e. The zero-order valence-corrected chi connectivity index (χ0v) is 18.2. The van der Waals surface area contributed by atoms with E-state index in [0.29, 0.717) is 11.7 Å². The first kappa shape index (κ1) is 20.7. The second-order valence-electron chi connectivity index (χ2n) is 8.01. The summed E-state index contributed by atoms with van der Waals surface area (Å²) in [7, 11) is 0. The first-order chi connectivity index (χ1) is 14.6. The van der Waals surface area contributed by atoms with Crippen LogP contribution >= 0.6 is 11.3 Å². The Morgan fingerprint density at radius 2 is 2.03 bits per heavy atom. The lowest BCUT2D eigenvalue weighted by atomic mass is 9.88. The van der Waals surface area contributed by atoms with Gasteiger partial charge < -0.3 is 5.32 Å². The summed E-state index contributed by atoms with van der Waals surface area (Å²) in [6.45, 7) is 2.80. The van der Waals surface area contributed by atoms with Gasteiger partial charge in [-0.1, -0.05) is 50.1 Å². The van der Waals surface area contributed by atoms with Gasteiger partial charge in [-0.05, 0) is 30.7 Å². The number of fused-ring (bicyclic) bond motifs is 1. The maximum Gasteiger partial charge on any atom is 0.243 e. The van der Waals surface area contributed by atoms with E-state index < -0.39 is 0 Å². The lowest BCUT2D eigenvalue weighted by Gasteiger charge is -2.19. The van der Waals surface area contributed by atoms with E-state index in [2.05, 4.69) is 22.3 Å². The van der Waals surface area contributed by atoms with Crippen molar-refractivity contribution in [1.29, 1.82) is 0 Å². The van der Waals surface area contributed by atoms with E-state index in [4.69, 9.17) is 0 Å². The van der Waals surface area contributed by atoms with Crippen LogP contribution in [0, 0.1) is 5.92 Å². The molecule has 4 rings (SSSR count). The highest BCUT2D eigenvalue weighted by molar-refractivity contribution is 7.15. The second kappa shape index (κ2) is 9.51. The summed E-state index contributed by atoms with van der Waals surface area (Å²) in [5.74, 6) is 0.467. The highest BCUT2D eigenvalue weighted by Crippen LogP contribution is 2.34. The van der Waals surface area contributed by atoms with Gasteiger partial charge in [0.1, 0.15) is 0 Å². The van der Waals surface area contributed by atoms with Crippen molar-refractivity contribution in [3.05, 3.63) is 46.5 Å². The molecule has 1 unspecified atom stereocenters. The smallest absolute Gasteiger partial charge is 0.243 e. The zero-order chi connectivity index (χ0) is 20.9. The fourth-order valence-electron chi connectivity index (χ4n) is 4.15. The highest BCUT2D eigenvalue weighted by atomic mass is 32.1. The maximum absolute atomic E-state index is 12.5. The number of anilines is 1. The Hall–Kier alpha value is -2.54. The van der Waals surface area contributed by atoms with Crippen LogP contribution in [0.4, 0.5) is 5.13 Å². The molecule has 2 heterocycles. The van der Waals surface area contributed by atoms with Crippen LogP contribution < -0.4 is 5.32 Å². The molecule has 1 atom stereocenters. The minimum absolute atomic E-state index is 0.114. The van der Waals surface area contributed by atoms with Gasteiger partial charge in [0, 0.05) is 24.1 Å². The summed E-state index contributed by atoms with van der Waals surface area (Å²) in [6, 6.07) is 9.89. The van der Waals surface area contributed by atoms with Crippen molar-refractivity contribution in [3.63, 3.8) is 0 Å². The van der Waals surface area contributed by atoms with Crippen molar-refractivity contribution in [1.82, 2.24) is 9.99 Å². The Labute approximate surface area is 181 Å². The van der Waals surface area contributed by atoms with E-state index in [9.17, 15) is 9.59 Å². The Morgan fingerprint density at radius 3 is 2.83 bits per heavy atom. The van der Waals surface area contributed by atoms with Gasteiger partial charge in [0.25, 0.3) is 0 Å². The van der Waals surface area contributed by atoms with Crippen molar-refractivity contribution in [2.75, 3.05) is 11.9 Å². The molecule has 1 aromatic carbocycles. The monoisotopic (exact) mass is 424 g/mol. The van der Waals surface area contributed by atoms with Crippen LogP contribution in [0.15, 0.2) is 35.4 Å². The average Bonchev–Trinajstić information content (AvgIpc) is 3.39. The van der Waals surface area contributed by atoms with Crippen molar-refractivity contribution >= 4 is 34.0 Å². The van der Waals surface area contributed by atoms with Gasteiger partial charge in [-0.2, -0.15) is 5.10 Å². The van der Waals surface area contributed by atoms with E-state index in [0.717, 1.165) is 42.1 Å². The Morgan fingerprint density at radius 1 is 1.20 bits per heavy atom. The second-order valence-corrected chi connectivity index (χ2v) is 9.10. The van der Waals surface area contributed by atoms with Crippen LogP contribution in [-0.2, 0) is 22.4 Å². The predicted molar refractivity (Wildman–Crippen MR) is 120 cm³/mol. The van der Waals surface area contributed by atoms with E-state index in [1.54, 1.807) is 11.3 Å². The third-order valence-electron chi connectivity index (χ3n) is 5.75. The Balaban J connectivity index is 1.26. The summed E-state index contributed by atoms with van der Waals surface area (Å²) >= 11 is 1.59. The number of nitrogens with zero attached hydrogens (tertiary/aromatic N) is 3. The summed E-state index contributed by atoms with van der Waals surface area (Å²) < 4.78 is 0. The first-order valence-electron chi connectivity index (χ1n) is 10.8. The molecular weight excluding hydrogens is 396 g/mol. The third kappa shape index (κ3) is 4.95. The molecule has 0 spiro atoms. The van der Waals surface area contributed by atoms with E-state index in [1.807, 2.05) is 30.3 Å². The van der Waals surface area contributed by atoms with Crippen molar-refractivity contribution in [3.8, 4) is 0 Å². The Bertz CT molecular complexity index is 938. The number of rotatable bonds is 7. The molecule has 2 aromatic rings. The topological polar surface area (TPSA) is 74.7 Å². The SMILES string of the molecule is CCCC1CCc2nc(NC(=O)CCC(=O)N3CCC(c4ccccc4)=N3)sc2C1. The number of aromatic nitrogens is 1. The molecule has 1 aromatic heterocycles. The normalized spacial score (nSPS) is 18.1. The van der Waals surface area contributed by atoms with Gasteiger partial charge in [0.05, 0.1) is 18.0 Å². The summed E-state index contributed by atoms with van der Waals surface area (Å²) in [6.07, 6.45) is 6.78. The largest absolute Gasteiger partial charge is 0.302 e. The molecule has 6 nitrogen and oxygen atoms in total. The fourth-order valence-corrected chi connectivity index (χ4v) is 5.29. The molecular formula is C23H28N4O2S. The van der Waals surface area contributed by atoms with Crippen LogP contribution in [0.25, 0.3) is 0 Å². The van der Waals surface area contributed by atoms with Crippen molar-refractivity contribution < 1.29 is 9.59 Å². The molecule has 0 saturated heterocycles. The standard InChI is InChI=1S/C23H28N4O2S/c1-2-6-16-9-10-19-20(15-16)30-23(24-19)25-21(28)11-12-22(29)27-14-13-18(26-27)17-7-4-3-5-8-17/h3-5,7-8,16H,2,6,9-15H2,1H3,(H,24,25,28). The number of nitrogens with one attached hydrogen (secondary N) is 1. The van der Waals surface area contributed by atoms with Gasteiger partial charge in [-0.3, -0.25) is 9.59 Å². The summed E-state index contributed by atoms with van der Waals surface area (Å²) in [4.78, 5) is 30.7. The molecule has 0 saturated carbocycles. The number of hydrazone groups is 1. The Kier molecular flexibility index (Phi) is 6.57. The number of hydrogen-bond acceptors (Lipinski definition) is 5.